The number of hydrogen-bond donors (Lipinski definition) is 1. The van der Waals surface area contributed by atoms with E-state index in [1.807, 2.05) is 31.2 Å². The van der Waals surface area contributed by atoms with Gasteiger partial charge in [0.1, 0.15) is 24.0 Å². The number of thiazole rings is 1. The Balaban J connectivity index is 1.75. The fraction of sp³-hybridized carbons (Fsp3) is 0.125. The maximum Gasteiger partial charge on any atom is 0.268 e. The van der Waals surface area contributed by atoms with Crippen molar-refractivity contribution in [2.75, 3.05) is 11.9 Å². The number of hydrogen-bond acceptors (Lipinski definition) is 5. The van der Waals surface area contributed by atoms with Gasteiger partial charge in [0.15, 0.2) is 5.13 Å². The molecule has 0 unspecified atom stereocenters. The van der Waals surface area contributed by atoms with Gasteiger partial charge in [0.25, 0.3) is 5.91 Å². The maximum absolute atomic E-state index is 12.7. The van der Waals surface area contributed by atoms with Gasteiger partial charge in [0.2, 0.25) is 0 Å². The number of nitriles is 1. The summed E-state index contributed by atoms with van der Waals surface area (Å²) in [5.74, 6) is -0.0791. The number of halogens is 2. The molecule has 0 bridgehead atoms. The van der Waals surface area contributed by atoms with E-state index in [0.29, 0.717) is 32.9 Å². The topological polar surface area (TPSA) is 75.0 Å². The van der Waals surface area contributed by atoms with Crippen LogP contribution in [0, 0.1) is 18.3 Å². The second-order valence-electron chi connectivity index (χ2n) is 6.80. The Bertz CT molecular complexity index is 1230. The molecule has 1 amide bonds. The highest BCUT2D eigenvalue weighted by Crippen LogP contribution is 2.27. The Kier molecular flexibility index (Phi) is 8.07. The predicted molar refractivity (Wildman–Crippen MR) is 130 cm³/mol. The smallest absolute Gasteiger partial charge is 0.268 e. The van der Waals surface area contributed by atoms with E-state index in [0.717, 1.165) is 16.0 Å². The third-order valence-electron chi connectivity index (χ3n) is 4.38. The molecular formula is C24H19Cl2N3O2S. The van der Waals surface area contributed by atoms with Crippen LogP contribution in [-0.4, -0.2) is 17.5 Å². The summed E-state index contributed by atoms with van der Waals surface area (Å²) in [6.45, 7) is 5.85. The zero-order valence-corrected chi connectivity index (χ0v) is 19.5. The van der Waals surface area contributed by atoms with Crippen molar-refractivity contribution in [1.82, 2.24) is 4.98 Å². The van der Waals surface area contributed by atoms with Crippen LogP contribution in [0.3, 0.4) is 0 Å². The van der Waals surface area contributed by atoms with E-state index < -0.39 is 5.91 Å². The fourth-order valence-electron chi connectivity index (χ4n) is 2.78. The van der Waals surface area contributed by atoms with Crippen molar-refractivity contribution in [3.63, 3.8) is 0 Å². The highest BCUT2D eigenvalue weighted by atomic mass is 35.5. The molecule has 0 saturated carbocycles. The van der Waals surface area contributed by atoms with Crippen molar-refractivity contribution in [2.45, 2.75) is 13.3 Å². The van der Waals surface area contributed by atoms with Gasteiger partial charge in [0.05, 0.1) is 0 Å². The summed E-state index contributed by atoms with van der Waals surface area (Å²) in [5, 5.41) is 13.8. The molecule has 0 atom stereocenters. The lowest BCUT2D eigenvalue weighted by Crippen LogP contribution is -2.13. The number of carbonyl (C=O) groups excluding carboxylic acids is 1. The van der Waals surface area contributed by atoms with Crippen LogP contribution in [0.4, 0.5) is 5.13 Å². The molecule has 0 fully saturated rings. The summed E-state index contributed by atoms with van der Waals surface area (Å²) >= 11 is 13.6. The Hall–Kier alpha value is -3.11. The summed E-state index contributed by atoms with van der Waals surface area (Å²) in [5.41, 5.74) is 2.48. The van der Waals surface area contributed by atoms with E-state index in [1.54, 1.807) is 30.5 Å². The molecular weight excluding hydrogens is 465 g/mol. The lowest BCUT2D eigenvalue weighted by Gasteiger charge is -2.08. The Labute approximate surface area is 200 Å². The number of aryl methyl sites for hydroxylation is 1. The number of nitrogens with one attached hydrogen (secondary N) is 1. The lowest BCUT2D eigenvalue weighted by molar-refractivity contribution is -0.112. The standard InChI is InChI=1S/C24H19Cl2N3O2S/c1-3-8-31-22-7-6-19(25)12-17(22)11-18(13-27)23(30)29-24-28-14-20(32-24)9-16-5-4-15(2)21(26)10-16/h3-7,10-12,14H,1,8-9H2,2H3,(H,28,29,30). The van der Waals surface area contributed by atoms with Gasteiger partial charge in [-0.25, -0.2) is 4.98 Å². The monoisotopic (exact) mass is 483 g/mol. The highest BCUT2D eigenvalue weighted by Gasteiger charge is 2.14. The minimum absolute atomic E-state index is 0.0993. The van der Waals surface area contributed by atoms with Gasteiger partial charge in [0, 0.05) is 33.1 Å². The van der Waals surface area contributed by atoms with E-state index in [-0.39, 0.29) is 12.2 Å². The molecule has 0 radical (unpaired) electrons. The van der Waals surface area contributed by atoms with Crippen molar-refractivity contribution in [2.24, 2.45) is 0 Å². The highest BCUT2D eigenvalue weighted by molar-refractivity contribution is 7.15. The molecule has 2 aromatic carbocycles. The molecule has 8 heteroatoms. The normalized spacial score (nSPS) is 11.0. The quantitative estimate of drug-likeness (QED) is 0.226. The molecule has 1 aromatic heterocycles. The first-order chi connectivity index (χ1) is 15.4. The van der Waals surface area contributed by atoms with Gasteiger partial charge < -0.3 is 4.74 Å². The van der Waals surface area contributed by atoms with Crippen LogP contribution in [0.2, 0.25) is 10.0 Å². The van der Waals surface area contributed by atoms with Gasteiger partial charge in [-0.05, 0) is 48.4 Å². The maximum atomic E-state index is 12.7. The van der Waals surface area contributed by atoms with Crippen LogP contribution in [0.5, 0.6) is 5.75 Å². The van der Waals surface area contributed by atoms with E-state index in [1.165, 1.54) is 17.4 Å². The molecule has 0 spiro atoms. The van der Waals surface area contributed by atoms with Crippen molar-refractivity contribution in [3.05, 3.63) is 92.4 Å². The molecule has 3 rings (SSSR count). The zero-order chi connectivity index (χ0) is 23.1. The van der Waals surface area contributed by atoms with Crippen molar-refractivity contribution >= 4 is 51.7 Å². The van der Waals surface area contributed by atoms with Crippen LogP contribution in [0.25, 0.3) is 6.08 Å². The number of carbonyl (C=O) groups is 1. The number of amides is 1. The molecule has 0 aliphatic heterocycles. The number of nitrogens with zero attached hydrogens (tertiary/aromatic N) is 2. The van der Waals surface area contributed by atoms with E-state index in [4.69, 9.17) is 27.9 Å². The second-order valence-corrected chi connectivity index (χ2v) is 8.76. The molecule has 0 aliphatic carbocycles. The molecule has 1 N–H and O–H groups in total. The van der Waals surface area contributed by atoms with E-state index in [9.17, 15) is 10.1 Å². The second kappa shape index (κ2) is 11.0. The number of anilines is 1. The number of rotatable bonds is 8. The average molecular weight is 484 g/mol. The van der Waals surface area contributed by atoms with E-state index in [2.05, 4.69) is 16.9 Å². The Morgan fingerprint density at radius 1 is 1.31 bits per heavy atom. The summed E-state index contributed by atoms with van der Waals surface area (Å²) in [6, 6.07) is 12.8. The Morgan fingerprint density at radius 2 is 2.12 bits per heavy atom. The largest absolute Gasteiger partial charge is 0.489 e. The first-order valence-corrected chi connectivity index (χ1v) is 11.1. The number of aromatic nitrogens is 1. The molecule has 0 aliphatic rings. The first-order valence-electron chi connectivity index (χ1n) is 9.55. The average Bonchev–Trinajstić information content (AvgIpc) is 3.20. The molecule has 32 heavy (non-hydrogen) atoms. The van der Waals surface area contributed by atoms with Crippen LogP contribution in [0.15, 0.2) is 60.8 Å². The minimum Gasteiger partial charge on any atom is -0.489 e. The van der Waals surface area contributed by atoms with Gasteiger partial charge in [-0.3, -0.25) is 10.1 Å². The van der Waals surface area contributed by atoms with Crippen molar-refractivity contribution < 1.29 is 9.53 Å². The SMILES string of the molecule is C=CCOc1ccc(Cl)cc1C=C(C#N)C(=O)Nc1ncc(Cc2ccc(C)c(Cl)c2)s1. The molecule has 162 valence electrons. The molecule has 3 aromatic rings. The van der Waals surface area contributed by atoms with Crippen LogP contribution < -0.4 is 10.1 Å². The van der Waals surface area contributed by atoms with E-state index >= 15 is 0 Å². The van der Waals surface area contributed by atoms with Gasteiger partial charge in [-0.2, -0.15) is 5.26 Å². The predicted octanol–water partition coefficient (Wildman–Crippen LogP) is 6.46. The van der Waals surface area contributed by atoms with Crippen LogP contribution >= 0.6 is 34.5 Å². The van der Waals surface area contributed by atoms with Crippen molar-refractivity contribution in [3.8, 4) is 11.8 Å². The Morgan fingerprint density at radius 3 is 2.84 bits per heavy atom. The third-order valence-corrected chi connectivity index (χ3v) is 5.94. The zero-order valence-electron chi connectivity index (χ0n) is 17.2. The van der Waals surface area contributed by atoms with Gasteiger partial charge in [-0.15, -0.1) is 11.3 Å². The fourth-order valence-corrected chi connectivity index (χ4v) is 4.00. The number of benzene rings is 2. The lowest BCUT2D eigenvalue weighted by atomic mass is 10.1. The van der Waals surface area contributed by atoms with Crippen LogP contribution in [0.1, 0.15) is 21.6 Å². The molecule has 1 heterocycles. The number of ether oxygens (including phenoxy) is 1. The van der Waals surface area contributed by atoms with Crippen molar-refractivity contribution in [1.29, 1.82) is 5.26 Å². The third kappa shape index (κ3) is 6.21. The molecule has 5 nitrogen and oxygen atoms in total. The van der Waals surface area contributed by atoms with Crippen LogP contribution in [-0.2, 0) is 11.2 Å². The minimum atomic E-state index is -0.568. The summed E-state index contributed by atoms with van der Waals surface area (Å²) in [6.07, 6.45) is 5.37. The molecule has 0 saturated heterocycles. The summed E-state index contributed by atoms with van der Waals surface area (Å²) in [7, 11) is 0. The summed E-state index contributed by atoms with van der Waals surface area (Å²) < 4.78 is 5.58. The van der Waals surface area contributed by atoms with Gasteiger partial charge >= 0.3 is 0 Å². The first kappa shape index (κ1) is 23.6. The summed E-state index contributed by atoms with van der Waals surface area (Å²) in [4.78, 5) is 17.9. The van der Waals surface area contributed by atoms with Gasteiger partial charge in [-0.1, -0.05) is 48.0 Å².